The Bertz CT molecular complexity index is 806. The first-order valence-corrected chi connectivity index (χ1v) is 6.02. The third-order valence-electron chi connectivity index (χ3n) is 2.73. The fraction of sp³-hybridized carbons (Fsp3) is 0.0909. The van der Waals surface area contributed by atoms with Crippen LogP contribution < -0.4 is 11.1 Å². The minimum Gasteiger partial charge on any atom is -0.397 e. The van der Waals surface area contributed by atoms with E-state index in [1.807, 2.05) is 0 Å². The molecule has 0 fully saturated rings. The normalized spacial score (nSPS) is 10.9. The van der Waals surface area contributed by atoms with Crippen molar-refractivity contribution in [3.63, 3.8) is 0 Å². The van der Waals surface area contributed by atoms with Crippen LogP contribution in [0.15, 0.2) is 18.6 Å². The van der Waals surface area contributed by atoms with Crippen molar-refractivity contribution in [2.75, 3.05) is 11.1 Å². The zero-order valence-electron chi connectivity index (χ0n) is 10.4. The molecule has 3 rings (SSSR count). The molecular weight excluding hydrogens is 282 g/mol. The summed E-state index contributed by atoms with van der Waals surface area (Å²) in [5.41, 5.74) is 7.42. The predicted octanol–water partition coefficient (Wildman–Crippen LogP) is 1.18. The van der Waals surface area contributed by atoms with Gasteiger partial charge in [-0.1, -0.05) is 11.6 Å². The smallest absolute Gasteiger partial charge is 0.274 e. The van der Waals surface area contributed by atoms with Gasteiger partial charge in [0.15, 0.2) is 10.8 Å². The summed E-state index contributed by atoms with van der Waals surface area (Å²) in [5, 5.41) is 2.75. The molecule has 0 unspecified atom stereocenters. The summed E-state index contributed by atoms with van der Waals surface area (Å²) in [6, 6.07) is 1.56. The minimum atomic E-state index is -0.379. The highest BCUT2D eigenvalue weighted by Gasteiger charge is 2.14. The lowest BCUT2D eigenvalue weighted by atomic mass is 10.4. The molecule has 0 aromatic carbocycles. The molecule has 0 aliphatic carbocycles. The summed E-state index contributed by atoms with van der Waals surface area (Å²) >= 11 is 5.97. The summed E-state index contributed by atoms with van der Waals surface area (Å²) in [6.07, 6.45) is 3.09. The number of imidazole rings is 1. The first kappa shape index (κ1) is 12.4. The molecular formula is C11H10ClN7O. The number of hydrogen-bond acceptors (Lipinski definition) is 5. The standard InChI is InChI=1S/C11H10ClN7O/c1-19-3-5(13)2-6(19)10(20)18-11-16-8(12)7-9(17-11)15-4-14-7/h2-4H,13H2,1H3,(H2,14,15,16,17,18,20). The monoisotopic (exact) mass is 291 g/mol. The number of aromatic amines is 1. The Labute approximate surface area is 118 Å². The van der Waals surface area contributed by atoms with Crippen molar-refractivity contribution in [2.45, 2.75) is 0 Å². The van der Waals surface area contributed by atoms with Crippen LogP contribution in [0.1, 0.15) is 10.5 Å². The number of carbonyl (C=O) groups excluding carboxylic acids is 1. The molecule has 8 nitrogen and oxygen atoms in total. The largest absolute Gasteiger partial charge is 0.397 e. The van der Waals surface area contributed by atoms with E-state index in [-0.39, 0.29) is 17.0 Å². The Balaban J connectivity index is 1.93. The highest BCUT2D eigenvalue weighted by molar-refractivity contribution is 6.33. The van der Waals surface area contributed by atoms with E-state index in [2.05, 4.69) is 25.3 Å². The van der Waals surface area contributed by atoms with Crippen LogP contribution in [0.2, 0.25) is 5.15 Å². The Morgan fingerprint density at radius 1 is 1.50 bits per heavy atom. The van der Waals surface area contributed by atoms with Gasteiger partial charge in [-0.05, 0) is 6.07 Å². The van der Waals surface area contributed by atoms with Gasteiger partial charge in [-0.25, -0.2) is 4.98 Å². The molecule has 0 aliphatic heterocycles. The lowest BCUT2D eigenvalue weighted by Crippen LogP contribution is -2.17. The molecule has 0 saturated carbocycles. The van der Waals surface area contributed by atoms with E-state index in [0.29, 0.717) is 22.5 Å². The first-order chi connectivity index (χ1) is 9.54. The second kappa shape index (κ2) is 4.49. The first-order valence-electron chi connectivity index (χ1n) is 5.64. The van der Waals surface area contributed by atoms with Gasteiger partial charge < -0.3 is 15.3 Å². The number of anilines is 2. The van der Waals surface area contributed by atoms with Gasteiger partial charge in [0.25, 0.3) is 5.91 Å². The van der Waals surface area contributed by atoms with Crippen LogP contribution in [0.5, 0.6) is 0 Å². The number of H-pyrrole nitrogens is 1. The molecule has 1 amide bonds. The van der Waals surface area contributed by atoms with Crippen LogP contribution in [-0.4, -0.2) is 30.4 Å². The summed E-state index contributed by atoms with van der Waals surface area (Å²) in [6.45, 7) is 0. The molecule has 9 heteroatoms. The molecule has 20 heavy (non-hydrogen) atoms. The van der Waals surface area contributed by atoms with Gasteiger partial charge >= 0.3 is 0 Å². The molecule has 0 aliphatic rings. The number of aryl methyl sites for hydroxylation is 1. The fourth-order valence-electron chi connectivity index (χ4n) is 1.84. The third kappa shape index (κ3) is 2.05. The Morgan fingerprint density at radius 3 is 3.00 bits per heavy atom. The van der Waals surface area contributed by atoms with Gasteiger partial charge in [-0.3, -0.25) is 10.1 Å². The molecule has 102 valence electrons. The number of nitrogen functional groups attached to an aromatic ring is 1. The van der Waals surface area contributed by atoms with Crippen molar-refractivity contribution < 1.29 is 4.79 Å². The quantitative estimate of drug-likeness (QED) is 0.613. The van der Waals surface area contributed by atoms with E-state index < -0.39 is 0 Å². The van der Waals surface area contributed by atoms with Crippen LogP contribution in [0.4, 0.5) is 11.6 Å². The van der Waals surface area contributed by atoms with E-state index in [4.69, 9.17) is 17.3 Å². The Morgan fingerprint density at radius 2 is 2.30 bits per heavy atom. The van der Waals surface area contributed by atoms with E-state index in [1.165, 1.54) is 6.33 Å². The molecule has 0 saturated heterocycles. The van der Waals surface area contributed by atoms with Crippen molar-refractivity contribution in [3.8, 4) is 0 Å². The highest BCUT2D eigenvalue weighted by atomic mass is 35.5. The second-order valence-electron chi connectivity index (χ2n) is 4.16. The average Bonchev–Trinajstić information content (AvgIpc) is 2.95. The predicted molar refractivity (Wildman–Crippen MR) is 74.5 cm³/mol. The number of amides is 1. The SMILES string of the molecule is Cn1cc(N)cc1C(=O)Nc1nc(Cl)c2[nH]cnc2n1. The maximum absolute atomic E-state index is 12.1. The number of nitrogens with one attached hydrogen (secondary N) is 2. The zero-order chi connectivity index (χ0) is 14.3. The molecule has 3 aromatic rings. The number of nitrogens with zero attached hydrogens (tertiary/aromatic N) is 4. The van der Waals surface area contributed by atoms with Gasteiger partial charge in [0.05, 0.1) is 12.0 Å². The molecule has 3 aromatic heterocycles. The summed E-state index contributed by atoms with van der Waals surface area (Å²) < 4.78 is 1.61. The van der Waals surface area contributed by atoms with Crippen molar-refractivity contribution >= 4 is 40.3 Å². The highest BCUT2D eigenvalue weighted by Crippen LogP contribution is 2.19. The topological polar surface area (TPSA) is 115 Å². The van der Waals surface area contributed by atoms with Gasteiger partial charge in [0, 0.05) is 13.2 Å². The van der Waals surface area contributed by atoms with Crippen LogP contribution in [0, 0.1) is 0 Å². The van der Waals surface area contributed by atoms with Crippen molar-refractivity contribution in [1.29, 1.82) is 0 Å². The zero-order valence-corrected chi connectivity index (χ0v) is 11.1. The minimum absolute atomic E-state index is 0.0828. The van der Waals surface area contributed by atoms with Crippen LogP contribution >= 0.6 is 11.6 Å². The Hall–Kier alpha value is -2.61. The Kier molecular flexibility index (Phi) is 2.79. The van der Waals surface area contributed by atoms with Gasteiger partial charge in [0.2, 0.25) is 5.95 Å². The van der Waals surface area contributed by atoms with E-state index >= 15 is 0 Å². The van der Waals surface area contributed by atoms with Gasteiger partial charge in [0.1, 0.15) is 11.2 Å². The van der Waals surface area contributed by atoms with E-state index in [9.17, 15) is 4.79 Å². The van der Waals surface area contributed by atoms with Gasteiger partial charge in [-0.2, -0.15) is 9.97 Å². The lowest BCUT2D eigenvalue weighted by molar-refractivity contribution is 0.101. The molecule has 0 spiro atoms. The molecule has 4 N–H and O–H groups in total. The summed E-state index contributed by atoms with van der Waals surface area (Å²) in [5.74, 6) is -0.297. The molecule has 0 radical (unpaired) electrons. The van der Waals surface area contributed by atoms with Crippen LogP contribution in [-0.2, 0) is 7.05 Å². The van der Waals surface area contributed by atoms with E-state index in [0.717, 1.165) is 0 Å². The second-order valence-corrected chi connectivity index (χ2v) is 4.52. The lowest BCUT2D eigenvalue weighted by Gasteiger charge is -2.04. The number of rotatable bonds is 2. The number of hydrogen-bond donors (Lipinski definition) is 3. The average molecular weight is 292 g/mol. The number of carbonyl (C=O) groups is 1. The molecule has 0 atom stereocenters. The molecule has 0 bridgehead atoms. The van der Waals surface area contributed by atoms with Crippen LogP contribution in [0.3, 0.4) is 0 Å². The molecule has 3 heterocycles. The summed E-state index contributed by atoms with van der Waals surface area (Å²) in [4.78, 5) is 27.0. The third-order valence-corrected chi connectivity index (χ3v) is 3.00. The number of nitrogens with two attached hydrogens (primary N) is 1. The maximum Gasteiger partial charge on any atom is 0.274 e. The number of halogens is 1. The van der Waals surface area contributed by atoms with Crippen molar-refractivity contribution in [2.24, 2.45) is 7.05 Å². The van der Waals surface area contributed by atoms with Crippen molar-refractivity contribution in [3.05, 3.63) is 29.4 Å². The van der Waals surface area contributed by atoms with Crippen molar-refractivity contribution in [1.82, 2.24) is 24.5 Å². The fourth-order valence-corrected chi connectivity index (χ4v) is 2.05. The number of fused-ring (bicyclic) bond motifs is 1. The van der Waals surface area contributed by atoms with Gasteiger partial charge in [-0.15, -0.1) is 0 Å². The number of aromatic nitrogens is 5. The maximum atomic E-state index is 12.1. The summed E-state index contributed by atoms with van der Waals surface area (Å²) in [7, 11) is 1.72. The van der Waals surface area contributed by atoms with Crippen LogP contribution in [0.25, 0.3) is 11.2 Å². The van der Waals surface area contributed by atoms with E-state index in [1.54, 1.807) is 23.9 Å².